The molecule has 0 aliphatic rings. The van der Waals surface area contributed by atoms with Crippen LogP contribution in [0.15, 0.2) is 38.8 Å². The molecule has 0 aliphatic heterocycles. The highest BCUT2D eigenvalue weighted by molar-refractivity contribution is 9.10. The Hall–Kier alpha value is -0.870. The lowest BCUT2D eigenvalue weighted by atomic mass is 10.2. The molecule has 0 aliphatic carbocycles. The van der Waals surface area contributed by atoms with Gasteiger partial charge >= 0.3 is 0 Å². The normalized spacial score (nSPS) is 10.7. The Bertz CT molecular complexity index is 584. The smallest absolute Gasteiger partial charge is 0.130 e. The monoisotopic (exact) mass is 336 g/mol. The van der Waals surface area contributed by atoms with Gasteiger partial charge in [0.1, 0.15) is 15.5 Å². The first-order chi connectivity index (χ1) is 9.08. The summed E-state index contributed by atoms with van der Waals surface area (Å²) in [4.78, 5) is 10.2. The second kappa shape index (κ2) is 6.53. The van der Waals surface area contributed by atoms with E-state index in [4.69, 9.17) is 0 Å². The molecule has 2 nitrogen and oxygen atoms in total. The van der Waals surface area contributed by atoms with E-state index in [2.05, 4.69) is 64.9 Å². The summed E-state index contributed by atoms with van der Waals surface area (Å²) in [6.07, 6.45) is 1.98. The number of hydrogen-bond donors (Lipinski definition) is 0. The summed E-state index contributed by atoms with van der Waals surface area (Å²) in [5, 5.41) is 0.997. The van der Waals surface area contributed by atoms with E-state index < -0.39 is 0 Å². The van der Waals surface area contributed by atoms with Crippen molar-refractivity contribution in [1.29, 1.82) is 0 Å². The molecule has 2 rings (SSSR count). The van der Waals surface area contributed by atoms with Gasteiger partial charge in [-0.25, -0.2) is 9.97 Å². The third-order valence-corrected chi connectivity index (χ3v) is 4.24. The van der Waals surface area contributed by atoms with Gasteiger partial charge in [0, 0.05) is 17.4 Å². The maximum Gasteiger partial charge on any atom is 0.130 e. The lowest BCUT2D eigenvalue weighted by Crippen LogP contribution is -1.96. The average molecular weight is 337 g/mol. The van der Waals surface area contributed by atoms with Crippen molar-refractivity contribution in [3.63, 3.8) is 0 Å². The van der Waals surface area contributed by atoms with E-state index in [1.807, 2.05) is 6.07 Å². The number of halogens is 1. The van der Waals surface area contributed by atoms with Crippen LogP contribution in [0.2, 0.25) is 0 Å². The Morgan fingerprint density at radius 1 is 1.16 bits per heavy atom. The van der Waals surface area contributed by atoms with Gasteiger partial charge in [-0.15, -0.1) is 0 Å². The molecule has 2 aromatic rings. The zero-order chi connectivity index (χ0) is 13.8. The van der Waals surface area contributed by atoms with Crippen LogP contribution in [0.3, 0.4) is 0 Å². The Balaban J connectivity index is 2.27. The molecular weight excluding hydrogens is 320 g/mol. The molecule has 1 aromatic carbocycles. The van der Waals surface area contributed by atoms with Crippen LogP contribution < -0.4 is 0 Å². The van der Waals surface area contributed by atoms with Crippen molar-refractivity contribution in [1.82, 2.24) is 9.97 Å². The van der Waals surface area contributed by atoms with Gasteiger partial charge in [-0.3, -0.25) is 0 Å². The Kier molecular flexibility index (Phi) is 4.99. The summed E-state index contributed by atoms with van der Waals surface area (Å²) < 4.78 is 0.859. The third kappa shape index (κ3) is 4.05. The number of aryl methyl sites for hydroxylation is 3. The lowest BCUT2D eigenvalue weighted by Gasteiger charge is -2.07. The maximum atomic E-state index is 4.60. The van der Waals surface area contributed by atoms with Crippen molar-refractivity contribution < 1.29 is 0 Å². The highest BCUT2D eigenvalue weighted by Crippen LogP contribution is 2.30. The standard InChI is InChI=1S/C15H17BrN2S/c1-4-5-14-17-13(16)9-15(18-14)19-12-7-6-10(2)8-11(12)3/h6-9H,4-5H2,1-3H3. The molecule has 0 radical (unpaired) electrons. The Morgan fingerprint density at radius 3 is 2.63 bits per heavy atom. The van der Waals surface area contributed by atoms with Gasteiger partial charge < -0.3 is 0 Å². The van der Waals surface area contributed by atoms with Gasteiger partial charge in [-0.2, -0.15) is 0 Å². The molecule has 19 heavy (non-hydrogen) atoms. The van der Waals surface area contributed by atoms with Crippen molar-refractivity contribution >= 4 is 27.7 Å². The van der Waals surface area contributed by atoms with Crippen molar-refractivity contribution in [2.45, 2.75) is 43.5 Å². The largest absolute Gasteiger partial charge is 0.226 e. The summed E-state index contributed by atoms with van der Waals surface area (Å²) in [6.45, 7) is 6.39. The van der Waals surface area contributed by atoms with Gasteiger partial charge in [0.2, 0.25) is 0 Å². The highest BCUT2D eigenvalue weighted by atomic mass is 79.9. The van der Waals surface area contributed by atoms with Crippen molar-refractivity contribution in [2.24, 2.45) is 0 Å². The van der Waals surface area contributed by atoms with Crippen molar-refractivity contribution in [3.05, 3.63) is 45.8 Å². The van der Waals surface area contributed by atoms with E-state index in [0.717, 1.165) is 28.3 Å². The molecule has 0 bridgehead atoms. The van der Waals surface area contributed by atoms with Crippen LogP contribution >= 0.6 is 27.7 Å². The molecule has 1 aromatic heterocycles. The van der Waals surface area contributed by atoms with Gasteiger partial charge in [0.15, 0.2) is 0 Å². The molecule has 1 heterocycles. The molecule has 0 saturated carbocycles. The van der Waals surface area contributed by atoms with Crippen LogP contribution in [0.4, 0.5) is 0 Å². The molecule has 0 N–H and O–H groups in total. The van der Waals surface area contributed by atoms with Crippen molar-refractivity contribution in [3.8, 4) is 0 Å². The van der Waals surface area contributed by atoms with Crippen LogP contribution in [0.1, 0.15) is 30.3 Å². The van der Waals surface area contributed by atoms with Gasteiger partial charge in [0.05, 0.1) is 0 Å². The maximum absolute atomic E-state index is 4.60. The van der Waals surface area contributed by atoms with Gasteiger partial charge in [-0.05, 0) is 47.8 Å². The van der Waals surface area contributed by atoms with E-state index >= 15 is 0 Å². The lowest BCUT2D eigenvalue weighted by molar-refractivity contribution is 0.803. The highest BCUT2D eigenvalue weighted by Gasteiger charge is 2.06. The number of benzene rings is 1. The van der Waals surface area contributed by atoms with Crippen LogP contribution in [-0.4, -0.2) is 9.97 Å². The molecule has 0 atom stereocenters. The van der Waals surface area contributed by atoms with E-state index in [0.29, 0.717) is 0 Å². The molecule has 0 unspecified atom stereocenters. The van der Waals surface area contributed by atoms with Gasteiger partial charge in [-0.1, -0.05) is 36.4 Å². The molecule has 4 heteroatoms. The topological polar surface area (TPSA) is 25.8 Å². The van der Waals surface area contributed by atoms with Crippen LogP contribution in [0, 0.1) is 13.8 Å². The quantitative estimate of drug-likeness (QED) is 0.738. The molecular formula is C15H17BrN2S. The second-order valence-corrected chi connectivity index (χ2v) is 6.44. The molecule has 100 valence electrons. The second-order valence-electron chi connectivity index (χ2n) is 4.57. The fraction of sp³-hybridized carbons (Fsp3) is 0.333. The predicted molar refractivity (Wildman–Crippen MR) is 83.8 cm³/mol. The summed E-state index contributed by atoms with van der Waals surface area (Å²) in [7, 11) is 0. The number of aromatic nitrogens is 2. The fourth-order valence-electron chi connectivity index (χ4n) is 1.86. The van der Waals surface area contributed by atoms with Crippen molar-refractivity contribution in [2.75, 3.05) is 0 Å². The van der Waals surface area contributed by atoms with E-state index in [9.17, 15) is 0 Å². The van der Waals surface area contributed by atoms with Crippen LogP contribution in [-0.2, 0) is 6.42 Å². The van der Waals surface area contributed by atoms with Crippen LogP contribution in [0.5, 0.6) is 0 Å². The zero-order valence-corrected chi connectivity index (χ0v) is 13.8. The zero-order valence-electron chi connectivity index (χ0n) is 11.4. The molecule has 0 saturated heterocycles. The van der Waals surface area contributed by atoms with Gasteiger partial charge in [0.25, 0.3) is 0 Å². The summed E-state index contributed by atoms with van der Waals surface area (Å²) in [5.74, 6) is 0.907. The fourth-order valence-corrected chi connectivity index (χ4v) is 3.33. The summed E-state index contributed by atoms with van der Waals surface area (Å²) >= 11 is 5.16. The average Bonchev–Trinajstić information content (AvgIpc) is 2.32. The predicted octanol–water partition coefficient (Wildman–Crippen LogP) is 4.96. The molecule has 0 amide bonds. The Labute approximate surface area is 127 Å². The summed E-state index contributed by atoms with van der Waals surface area (Å²) in [6, 6.07) is 8.47. The molecule has 0 fully saturated rings. The molecule has 0 spiro atoms. The van der Waals surface area contributed by atoms with Crippen LogP contribution in [0.25, 0.3) is 0 Å². The minimum atomic E-state index is 0.859. The first-order valence-corrected chi connectivity index (χ1v) is 7.98. The van der Waals surface area contributed by atoms with E-state index in [1.165, 1.54) is 16.0 Å². The summed E-state index contributed by atoms with van der Waals surface area (Å²) in [5.41, 5.74) is 2.58. The Morgan fingerprint density at radius 2 is 1.95 bits per heavy atom. The SMILES string of the molecule is CCCc1nc(Br)cc(Sc2ccc(C)cc2C)n1. The minimum Gasteiger partial charge on any atom is -0.226 e. The number of hydrogen-bond acceptors (Lipinski definition) is 3. The first-order valence-electron chi connectivity index (χ1n) is 6.37. The third-order valence-electron chi connectivity index (χ3n) is 2.74. The number of nitrogens with zero attached hydrogens (tertiary/aromatic N) is 2. The number of rotatable bonds is 4. The van der Waals surface area contributed by atoms with E-state index in [-0.39, 0.29) is 0 Å². The minimum absolute atomic E-state index is 0.859. The van der Waals surface area contributed by atoms with E-state index in [1.54, 1.807) is 11.8 Å². The first kappa shape index (κ1) is 14.5.